The number of rotatable bonds is 11. The van der Waals surface area contributed by atoms with E-state index >= 15 is 0 Å². The van der Waals surface area contributed by atoms with Gasteiger partial charge in [0.1, 0.15) is 18.5 Å². The van der Waals surface area contributed by atoms with E-state index in [2.05, 4.69) is 0 Å². The molecule has 0 aromatic heterocycles. The van der Waals surface area contributed by atoms with Crippen molar-refractivity contribution in [3.63, 3.8) is 0 Å². The molecule has 1 saturated carbocycles. The van der Waals surface area contributed by atoms with Gasteiger partial charge in [0.25, 0.3) is 0 Å². The molecule has 0 aliphatic heterocycles. The van der Waals surface area contributed by atoms with Gasteiger partial charge in [-0.25, -0.2) is 0 Å². The predicted molar refractivity (Wildman–Crippen MR) is 125 cm³/mol. The summed E-state index contributed by atoms with van der Waals surface area (Å²) in [5.41, 5.74) is 0. The van der Waals surface area contributed by atoms with Gasteiger partial charge in [0, 0.05) is 23.8 Å². The first kappa shape index (κ1) is 31.1. The Hall–Kier alpha value is 0.140. The van der Waals surface area contributed by atoms with Crippen LogP contribution in [0.15, 0.2) is 48.6 Å². The number of carboxylic acids is 1. The zero-order chi connectivity index (χ0) is 21.2. The molecule has 164 valence electrons. The van der Waals surface area contributed by atoms with Crippen molar-refractivity contribution in [3.05, 3.63) is 53.6 Å². The predicted octanol–water partition coefficient (Wildman–Crippen LogP) is 1.90. The fraction of sp³-hybridized carbons (Fsp3) is 0.500. The molecule has 0 radical (unpaired) electrons. The van der Waals surface area contributed by atoms with Gasteiger partial charge in [0.05, 0.1) is 12.2 Å². The van der Waals surface area contributed by atoms with Gasteiger partial charge < -0.3 is 25.2 Å². The third kappa shape index (κ3) is 11.7. The van der Waals surface area contributed by atoms with Crippen LogP contribution in [0.3, 0.4) is 0 Å². The van der Waals surface area contributed by atoms with Gasteiger partial charge in [0.2, 0.25) is 0 Å². The zero-order valence-corrected chi connectivity index (χ0v) is 17.0. The third-order valence-corrected chi connectivity index (χ3v) is 5.26. The summed E-state index contributed by atoms with van der Waals surface area (Å²) in [5, 5.41) is 39.8. The second-order valence-corrected chi connectivity index (χ2v) is 7.76. The molecule has 0 spiro atoms. The van der Waals surface area contributed by atoms with Gasteiger partial charge in [-0.05, 0) is 43.4 Å². The van der Waals surface area contributed by atoms with E-state index in [9.17, 15) is 20.1 Å². The van der Waals surface area contributed by atoms with E-state index in [1.807, 2.05) is 12.2 Å². The van der Waals surface area contributed by atoms with Crippen LogP contribution in [0.5, 0.6) is 5.75 Å². The van der Waals surface area contributed by atoms with Crippen LogP contribution in [0.1, 0.15) is 32.1 Å². The summed E-state index contributed by atoms with van der Waals surface area (Å²) in [6.45, 7) is 0.0519. The van der Waals surface area contributed by atoms with Gasteiger partial charge in [-0.2, -0.15) is 0 Å². The monoisotopic (exact) mass is 472 g/mol. The number of benzene rings is 1. The number of halogens is 1. The second kappa shape index (κ2) is 16.7. The van der Waals surface area contributed by atoms with E-state index in [1.165, 1.54) is 0 Å². The Kier molecular flexibility index (Phi) is 16.8. The van der Waals surface area contributed by atoms with Crippen molar-refractivity contribution < 1.29 is 30.0 Å². The number of unbranched alkanes of at least 4 members (excludes halogenated alkanes) is 1. The van der Waals surface area contributed by atoms with Crippen LogP contribution < -0.4 is 4.74 Å². The number of hydrogen-bond acceptors (Lipinski definition) is 5. The minimum absolute atomic E-state index is 0. The van der Waals surface area contributed by atoms with Crippen LogP contribution in [0, 0.1) is 11.8 Å². The molecule has 0 saturated heterocycles. The Morgan fingerprint density at radius 2 is 1.97 bits per heavy atom. The Morgan fingerprint density at radius 3 is 2.65 bits per heavy atom. The molecule has 1 aromatic carbocycles. The van der Waals surface area contributed by atoms with Crippen molar-refractivity contribution >= 4 is 76.7 Å². The van der Waals surface area contributed by atoms with Gasteiger partial charge in [-0.1, -0.05) is 42.0 Å². The summed E-state index contributed by atoms with van der Waals surface area (Å²) >= 11 is 5.90. The Balaban J connectivity index is 0.00000450. The molecular weight excluding hydrogens is 442 g/mol. The number of aliphatic hydroxyl groups is 3. The molecule has 1 aromatic rings. The molecule has 1 aliphatic carbocycles. The van der Waals surface area contributed by atoms with E-state index in [-0.39, 0.29) is 84.0 Å². The van der Waals surface area contributed by atoms with E-state index in [0.29, 0.717) is 36.5 Å². The van der Waals surface area contributed by atoms with E-state index < -0.39 is 24.3 Å². The average molecular weight is 473 g/mol. The SMILES string of the molecule is O=C(O)CCC/C=C\C[C@@H]1[C@@H](/C=C/[C@@H](O)COc2cccc(Cl)c2)[C@H](O)C[C@@H]1O.[NaH].[NaH]. The molecule has 0 unspecified atom stereocenters. The van der Waals surface area contributed by atoms with Crippen LogP contribution in [0.2, 0.25) is 5.02 Å². The van der Waals surface area contributed by atoms with Crippen LogP contribution in [0.25, 0.3) is 0 Å². The van der Waals surface area contributed by atoms with Gasteiger partial charge in [0.15, 0.2) is 0 Å². The standard InChI is InChI=1S/C22H29ClO6.2Na.2H/c23-15-6-5-7-17(12-15)29-14-16(24)10-11-19-18(20(25)13-21(19)26)8-3-1-2-4-9-22(27)28;;;;/h1,3,5-7,10-12,16,18-21,24-26H,2,4,8-9,13-14H2,(H,27,28);;;;/b3-1-,11-10+;;;;/t16-,18-,19-,20+,21-;;;;/m1..../s1. The Morgan fingerprint density at radius 1 is 1.23 bits per heavy atom. The van der Waals surface area contributed by atoms with E-state index in [0.717, 1.165) is 0 Å². The number of carbonyl (C=O) groups is 1. The summed E-state index contributed by atoms with van der Waals surface area (Å²) < 4.78 is 5.51. The summed E-state index contributed by atoms with van der Waals surface area (Å²) in [7, 11) is 0. The molecule has 6 nitrogen and oxygen atoms in total. The molecule has 31 heavy (non-hydrogen) atoms. The van der Waals surface area contributed by atoms with Crippen molar-refractivity contribution in [2.75, 3.05) is 6.61 Å². The molecule has 0 bridgehead atoms. The topological polar surface area (TPSA) is 107 Å². The number of hydrogen-bond donors (Lipinski definition) is 4. The number of allylic oxidation sites excluding steroid dienone is 2. The summed E-state index contributed by atoms with van der Waals surface area (Å²) in [5.74, 6) is -0.671. The van der Waals surface area contributed by atoms with Crippen molar-refractivity contribution in [1.29, 1.82) is 0 Å². The first-order chi connectivity index (χ1) is 13.9. The van der Waals surface area contributed by atoms with Gasteiger partial charge in [-0.15, -0.1) is 0 Å². The van der Waals surface area contributed by atoms with Crippen LogP contribution in [-0.2, 0) is 4.79 Å². The fourth-order valence-corrected chi connectivity index (χ4v) is 3.68. The van der Waals surface area contributed by atoms with Crippen molar-refractivity contribution in [3.8, 4) is 5.75 Å². The van der Waals surface area contributed by atoms with Crippen LogP contribution in [-0.4, -0.2) is 110 Å². The van der Waals surface area contributed by atoms with E-state index in [4.69, 9.17) is 21.4 Å². The molecule has 9 heteroatoms. The van der Waals surface area contributed by atoms with Crippen molar-refractivity contribution in [2.24, 2.45) is 11.8 Å². The second-order valence-electron chi connectivity index (χ2n) is 7.33. The van der Waals surface area contributed by atoms with Gasteiger partial charge >= 0.3 is 65.1 Å². The quantitative estimate of drug-likeness (QED) is 0.223. The maximum atomic E-state index is 10.5. The number of carboxylic acid groups (broad SMARTS) is 1. The molecular formula is C22H31ClNa2O6. The molecule has 1 aliphatic rings. The van der Waals surface area contributed by atoms with Crippen LogP contribution >= 0.6 is 11.6 Å². The van der Waals surface area contributed by atoms with Crippen molar-refractivity contribution in [1.82, 2.24) is 0 Å². The summed E-state index contributed by atoms with van der Waals surface area (Å²) in [4.78, 5) is 10.5. The summed E-state index contributed by atoms with van der Waals surface area (Å²) in [6, 6.07) is 6.90. The first-order valence-corrected chi connectivity index (χ1v) is 10.2. The third-order valence-electron chi connectivity index (χ3n) is 5.02. The Bertz CT molecular complexity index is 715. The fourth-order valence-electron chi connectivity index (χ4n) is 3.50. The first-order valence-electron chi connectivity index (χ1n) is 9.84. The number of aliphatic carboxylic acids is 1. The minimum atomic E-state index is -0.855. The number of ether oxygens (including phenoxy) is 1. The van der Waals surface area contributed by atoms with E-state index in [1.54, 1.807) is 36.4 Å². The van der Waals surface area contributed by atoms with Crippen LogP contribution in [0.4, 0.5) is 0 Å². The molecule has 0 amide bonds. The Labute approximate surface area is 232 Å². The molecule has 4 N–H and O–H groups in total. The summed E-state index contributed by atoms with van der Waals surface area (Å²) in [6.07, 6.45) is 7.26. The van der Waals surface area contributed by atoms with Crippen molar-refractivity contribution in [2.45, 2.75) is 50.4 Å². The molecule has 2 rings (SSSR count). The van der Waals surface area contributed by atoms with Gasteiger partial charge in [-0.3, -0.25) is 4.79 Å². The number of aliphatic hydroxyl groups excluding tert-OH is 3. The average Bonchev–Trinajstić information content (AvgIpc) is 2.93. The zero-order valence-electron chi connectivity index (χ0n) is 16.2. The molecule has 0 heterocycles. The molecule has 1 fully saturated rings. The molecule has 5 atom stereocenters. The normalized spacial score (nSPS) is 24.0. The maximum absolute atomic E-state index is 10.5.